The first kappa shape index (κ1) is 13.3. The highest BCUT2D eigenvalue weighted by atomic mass is 79.9. The van der Waals surface area contributed by atoms with Crippen LogP contribution in [0.25, 0.3) is 0 Å². The summed E-state index contributed by atoms with van der Waals surface area (Å²) in [6.07, 6.45) is 2.25. The predicted octanol–water partition coefficient (Wildman–Crippen LogP) is 2.65. The fourth-order valence-corrected chi connectivity index (χ4v) is 3.27. The maximum absolute atomic E-state index is 14.2. The van der Waals surface area contributed by atoms with Crippen molar-refractivity contribution in [2.24, 2.45) is 5.92 Å². The maximum Gasteiger partial charge on any atom is 0.137 e. The Bertz CT molecular complexity index is 473. The standard InChI is InChI=1S/C14H18BrFN2O/c15-10-3-4-11(16)12(14(10)19)13(9-1-2-9)18-7-5-17-6-8-18/h3-4,9,13,17,19H,1-2,5-8H2/t13-/m1/s1. The monoisotopic (exact) mass is 328 g/mol. The molecule has 1 aromatic rings. The average Bonchev–Trinajstić information content (AvgIpc) is 3.24. The summed E-state index contributed by atoms with van der Waals surface area (Å²) in [5.41, 5.74) is 0.471. The Hall–Kier alpha value is -0.650. The number of phenols is 1. The van der Waals surface area contributed by atoms with Gasteiger partial charge < -0.3 is 10.4 Å². The van der Waals surface area contributed by atoms with Gasteiger partial charge in [0.2, 0.25) is 0 Å². The molecule has 1 aromatic carbocycles. The van der Waals surface area contributed by atoms with E-state index >= 15 is 0 Å². The lowest BCUT2D eigenvalue weighted by Gasteiger charge is -2.36. The van der Waals surface area contributed by atoms with Gasteiger partial charge in [-0.05, 0) is 46.8 Å². The van der Waals surface area contributed by atoms with Crippen molar-refractivity contribution in [2.45, 2.75) is 18.9 Å². The smallest absolute Gasteiger partial charge is 0.137 e. The van der Waals surface area contributed by atoms with Crippen LogP contribution in [0.5, 0.6) is 5.75 Å². The van der Waals surface area contributed by atoms with Gasteiger partial charge in [-0.1, -0.05) is 0 Å². The van der Waals surface area contributed by atoms with Crippen LogP contribution in [-0.4, -0.2) is 36.2 Å². The van der Waals surface area contributed by atoms with Crippen molar-refractivity contribution in [3.63, 3.8) is 0 Å². The van der Waals surface area contributed by atoms with Gasteiger partial charge in [-0.25, -0.2) is 4.39 Å². The lowest BCUT2D eigenvalue weighted by molar-refractivity contribution is 0.150. The summed E-state index contributed by atoms with van der Waals surface area (Å²) < 4.78 is 14.8. The van der Waals surface area contributed by atoms with Crippen LogP contribution in [-0.2, 0) is 0 Å². The zero-order chi connectivity index (χ0) is 13.4. The number of hydrogen-bond acceptors (Lipinski definition) is 3. The maximum atomic E-state index is 14.2. The third-order valence-corrected chi connectivity index (χ3v) is 4.66. The lowest BCUT2D eigenvalue weighted by atomic mass is 9.98. The highest BCUT2D eigenvalue weighted by Gasteiger charge is 2.39. The van der Waals surface area contributed by atoms with Crippen LogP contribution in [0.2, 0.25) is 0 Å². The molecule has 1 saturated carbocycles. The normalized spacial score (nSPS) is 22.4. The van der Waals surface area contributed by atoms with E-state index in [1.165, 1.54) is 6.07 Å². The van der Waals surface area contributed by atoms with Crippen LogP contribution in [0.15, 0.2) is 16.6 Å². The third kappa shape index (κ3) is 2.64. The summed E-state index contributed by atoms with van der Waals surface area (Å²) >= 11 is 3.29. The second-order valence-corrected chi connectivity index (χ2v) is 6.21. The van der Waals surface area contributed by atoms with E-state index in [0.717, 1.165) is 39.0 Å². The average molecular weight is 329 g/mol. The van der Waals surface area contributed by atoms with E-state index < -0.39 is 0 Å². The number of phenolic OH excluding ortho intramolecular Hbond substituents is 1. The van der Waals surface area contributed by atoms with Crippen LogP contribution in [0, 0.1) is 11.7 Å². The highest BCUT2D eigenvalue weighted by molar-refractivity contribution is 9.10. The molecule has 0 spiro atoms. The van der Waals surface area contributed by atoms with Crippen molar-refractivity contribution in [2.75, 3.05) is 26.2 Å². The Morgan fingerprint density at radius 1 is 1.32 bits per heavy atom. The second kappa shape index (κ2) is 5.38. The van der Waals surface area contributed by atoms with E-state index in [1.54, 1.807) is 6.07 Å². The molecule has 0 amide bonds. The molecule has 2 N–H and O–H groups in total. The van der Waals surface area contributed by atoms with E-state index in [0.29, 0.717) is 16.0 Å². The van der Waals surface area contributed by atoms with Crippen molar-refractivity contribution in [3.8, 4) is 5.75 Å². The lowest BCUT2D eigenvalue weighted by Crippen LogP contribution is -2.45. The zero-order valence-corrected chi connectivity index (χ0v) is 12.3. The number of hydrogen-bond donors (Lipinski definition) is 2. The molecule has 1 aliphatic carbocycles. The van der Waals surface area contributed by atoms with Crippen molar-refractivity contribution in [3.05, 3.63) is 28.0 Å². The van der Waals surface area contributed by atoms with Gasteiger partial charge in [0, 0.05) is 37.8 Å². The fourth-order valence-electron chi connectivity index (χ4n) is 2.93. The first-order chi connectivity index (χ1) is 9.18. The molecular weight excluding hydrogens is 311 g/mol. The highest BCUT2D eigenvalue weighted by Crippen LogP contribution is 2.48. The minimum atomic E-state index is -0.295. The molecule has 3 rings (SSSR count). The molecule has 0 unspecified atom stereocenters. The molecule has 1 atom stereocenters. The molecular formula is C14H18BrFN2O. The molecule has 2 aliphatic rings. The molecule has 1 saturated heterocycles. The van der Waals surface area contributed by atoms with Gasteiger partial charge in [-0.3, -0.25) is 4.90 Å². The number of benzene rings is 1. The molecule has 3 nitrogen and oxygen atoms in total. The molecule has 2 fully saturated rings. The van der Waals surface area contributed by atoms with E-state index in [4.69, 9.17) is 0 Å². The van der Waals surface area contributed by atoms with E-state index in [2.05, 4.69) is 26.1 Å². The quantitative estimate of drug-likeness (QED) is 0.895. The molecule has 104 valence electrons. The number of piperazine rings is 1. The van der Waals surface area contributed by atoms with Crippen LogP contribution < -0.4 is 5.32 Å². The number of rotatable bonds is 3. The van der Waals surface area contributed by atoms with Gasteiger partial charge >= 0.3 is 0 Å². The van der Waals surface area contributed by atoms with Crippen molar-refractivity contribution < 1.29 is 9.50 Å². The molecule has 5 heteroatoms. The summed E-state index contributed by atoms with van der Waals surface area (Å²) in [4.78, 5) is 2.30. The Kier molecular flexibility index (Phi) is 3.78. The number of aromatic hydroxyl groups is 1. The summed E-state index contributed by atoms with van der Waals surface area (Å²) in [6.45, 7) is 3.68. The summed E-state index contributed by atoms with van der Waals surface area (Å²) in [6, 6.07) is 3.02. The first-order valence-corrected chi connectivity index (χ1v) is 7.59. The zero-order valence-electron chi connectivity index (χ0n) is 10.7. The van der Waals surface area contributed by atoms with Gasteiger partial charge in [0.25, 0.3) is 0 Å². The van der Waals surface area contributed by atoms with E-state index in [-0.39, 0.29) is 17.6 Å². The van der Waals surface area contributed by atoms with E-state index in [1.807, 2.05) is 0 Å². The molecule has 19 heavy (non-hydrogen) atoms. The third-order valence-electron chi connectivity index (χ3n) is 4.02. The minimum absolute atomic E-state index is 0.0135. The molecule has 0 aromatic heterocycles. The van der Waals surface area contributed by atoms with Gasteiger partial charge in [0.1, 0.15) is 11.6 Å². The van der Waals surface area contributed by atoms with Crippen LogP contribution in [0.1, 0.15) is 24.4 Å². The Morgan fingerprint density at radius 3 is 2.63 bits per heavy atom. The van der Waals surface area contributed by atoms with Gasteiger partial charge in [-0.15, -0.1) is 0 Å². The Morgan fingerprint density at radius 2 is 2.00 bits per heavy atom. The summed E-state index contributed by atoms with van der Waals surface area (Å²) in [7, 11) is 0. The van der Waals surface area contributed by atoms with Gasteiger partial charge in [0.05, 0.1) is 4.47 Å². The van der Waals surface area contributed by atoms with Crippen LogP contribution >= 0.6 is 15.9 Å². The Labute approximate surface area is 120 Å². The minimum Gasteiger partial charge on any atom is -0.506 e. The molecule has 0 bridgehead atoms. The topological polar surface area (TPSA) is 35.5 Å². The van der Waals surface area contributed by atoms with E-state index in [9.17, 15) is 9.50 Å². The van der Waals surface area contributed by atoms with Crippen molar-refractivity contribution in [1.82, 2.24) is 10.2 Å². The second-order valence-electron chi connectivity index (χ2n) is 5.36. The van der Waals surface area contributed by atoms with Crippen molar-refractivity contribution >= 4 is 15.9 Å². The number of halogens is 2. The predicted molar refractivity (Wildman–Crippen MR) is 75.7 cm³/mol. The summed E-state index contributed by atoms with van der Waals surface area (Å²) in [5, 5.41) is 13.5. The van der Waals surface area contributed by atoms with Crippen LogP contribution in [0.4, 0.5) is 4.39 Å². The number of nitrogens with zero attached hydrogens (tertiary/aromatic N) is 1. The summed E-state index contributed by atoms with van der Waals surface area (Å²) in [5.74, 6) is 0.249. The molecule has 0 radical (unpaired) electrons. The molecule has 1 heterocycles. The fraction of sp³-hybridized carbons (Fsp3) is 0.571. The molecule has 1 aliphatic heterocycles. The first-order valence-electron chi connectivity index (χ1n) is 6.80. The Balaban J connectivity index is 1.97. The largest absolute Gasteiger partial charge is 0.506 e. The SMILES string of the molecule is Oc1c(Br)ccc(F)c1[C@@H](C1CC1)N1CCNCC1. The van der Waals surface area contributed by atoms with Crippen LogP contribution in [0.3, 0.4) is 0 Å². The van der Waals surface area contributed by atoms with Crippen molar-refractivity contribution in [1.29, 1.82) is 0 Å². The van der Waals surface area contributed by atoms with Gasteiger partial charge in [-0.2, -0.15) is 0 Å². The number of nitrogens with one attached hydrogen (secondary N) is 1. The van der Waals surface area contributed by atoms with Gasteiger partial charge in [0.15, 0.2) is 0 Å².